The summed E-state index contributed by atoms with van der Waals surface area (Å²) in [5.74, 6) is 0.341. The van der Waals surface area contributed by atoms with E-state index in [1.54, 1.807) is 7.11 Å². The lowest BCUT2D eigenvalue weighted by Gasteiger charge is -2.21. The third-order valence-electron chi connectivity index (χ3n) is 5.53. The van der Waals surface area contributed by atoms with Crippen molar-refractivity contribution in [1.82, 2.24) is 8.87 Å². The number of benzene rings is 2. The molecule has 0 atom stereocenters. The largest absolute Gasteiger partial charge is 0.495 e. The maximum Gasteiger partial charge on any atom is 0.279 e. The Kier molecular flexibility index (Phi) is 8.67. The van der Waals surface area contributed by atoms with Crippen LogP contribution in [-0.4, -0.2) is 43.4 Å². The molecular formula is C25H33N3O4S2. The SMILES string of the molecule is CCCN(CCC)S(=O)(=O)c1ccc(C(=O)N=c2sc3c(C)ccc(OC)c3n2CCC)cc1. The molecule has 0 N–H and O–H groups in total. The average molecular weight is 504 g/mol. The molecule has 0 saturated carbocycles. The molecule has 0 saturated heterocycles. The highest BCUT2D eigenvalue weighted by Crippen LogP contribution is 2.30. The van der Waals surface area contributed by atoms with Gasteiger partial charge in [-0.1, -0.05) is 38.2 Å². The predicted molar refractivity (Wildman–Crippen MR) is 137 cm³/mol. The van der Waals surface area contributed by atoms with Gasteiger partial charge in [0.05, 0.1) is 16.7 Å². The van der Waals surface area contributed by atoms with Crippen LogP contribution in [0.5, 0.6) is 5.75 Å². The number of nitrogens with zero attached hydrogens (tertiary/aromatic N) is 3. The second kappa shape index (κ2) is 11.3. The van der Waals surface area contributed by atoms with E-state index < -0.39 is 15.9 Å². The number of carbonyl (C=O) groups excluding carboxylic acids is 1. The van der Waals surface area contributed by atoms with Crippen molar-refractivity contribution in [3.05, 3.63) is 52.3 Å². The Hall–Kier alpha value is -2.49. The van der Waals surface area contributed by atoms with E-state index in [0.29, 0.717) is 30.0 Å². The van der Waals surface area contributed by atoms with Gasteiger partial charge in [0.25, 0.3) is 5.91 Å². The highest BCUT2D eigenvalue weighted by molar-refractivity contribution is 7.89. The maximum atomic E-state index is 13.0. The van der Waals surface area contributed by atoms with Gasteiger partial charge in [-0.2, -0.15) is 9.30 Å². The molecule has 0 spiro atoms. The second-order valence-corrected chi connectivity index (χ2v) is 11.1. The smallest absolute Gasteiger partial charge is 0.279 e. The van der Waals surface area contributed by atoms with Gasteiger partial charge in [-0.25, -0.2) is 8.42 Å². The maximum absolute atomic E-state index is 13.0. The standard InChI is InChI=1S/C25H33N3O4S2/c1-6-15-27(16-7-2)34(30,31)20-12-10-19(11-13-20)24(29)26-25-28(17-8-3)22-21(32-5)14-9-18(4)23(22)33-25/h9-14H,6-8,15-17H2,1-5H3. The summed E-state index contributed by atoms with van der Waals surface area (Å²) in [5.41, 5.74) is 2.38. The molecule has 1 aromatic heterocycles. The predicted octanol–water partition coefficient (Wildman–Crippen LogP) is 4.98. The van der Waals surface area contributed by atoms with Crippen LogP contribution in [0.4, 0.5) is 0 Å². The monoisotopic (exact) mass is 503 g/mol. The number of aryl methyl sites for hydroxylation is 2. The minimum Gasteiger partial charge on any atom is -0.495 e. The third kappa shape index (κ3) is 5.26. The van der Waals surface area contributed by atoms with Crippen molar-refractivity contribution in [2.75, 3.05) is 20.2 Å². The molecule has 7 nitrogen and oxygen atoms in total. The van der Waals surface area contributed by atoms with E-state index in [1.807, 2.05) is 37.5 Å². The molecule has 1 amide bonds. The van der Waals surface area contributed by atoms with Crippen molar-refractivity contribution < 1.29 is 17.9 Å². The summed E-state index contributed by atoms with van der Waals surface area (Å²) in [4.78, 5) is 18.2. The summed E-state index contributed by atoms with van der Waals surface area (Å²) in [7, 11) is -1.96. The van der Waals surface area contributed by atoms with Gasteiger partial charge in [0.2, 0.25) is 10.0 Å². The van der Waals surface area contributed by atoms with E-state index in [9.17, 15) is 13.2 Å². The fourth-order valence-corrected chi connectivity index (χ4v) is 6.64. The number of methoxy groups -OCH3 is 1. The van der Waals surface area contributed by atoms with Crippen molar-refractivity contribution in [2.45, 2.75) is 58.4 Å². The molecule has 0 fully saturated rings. The van der Waals surface area contributed by atoms with Crippen LogP contribution in [0.1, 0.15) is 56.0 Å². The summed E-state index contributed by atoms with van der Waals surface area (Å²) >= 11 is 1.46. The van der Waals surface area contributed by atoms with Crippen LogP contribution < -0.4 is 9.54 Å². The Bertz CT molecular complexity index is 1320. The molecule has 9 heteroatoms. The summed E-state index contributed by atoms with van der Waals surface area (Å²) < 4.78 is 36.1. The molecule has 0 aliphatic rings. The molecule has 3 rings (SSSR count). The van der Waals surface area contributed by atoms with Crippen molar-refractivity contribution in [3.8, 4) is 5.75 Å². The van der Waals surface area contributed by atoms with Crippen LogP contribution in [0.3, 0.4) is 0 Å². The van der Waals surface area contributed by atoms with Crippen LogP contribution >= 0.6 is 11.3 Å². The van der Waals surface area contributed by atoms with E-state index in [-0.39, 0.29) is 4.90 Å². The second-order valence-electron chi connectivity index (χ2n) is 8.14. The van der Waals surface area contributed by atoms with E-state index >= 15 is 0 Å². The molecule has 2 aromatic carbocycles. The summed E-state index contributed by atoms with van der Waals surface area (Å²) in [6.45, 7) is 9.66. The first-order chi connectivity index (χ1) is 16.3. The fourth-order valence-electron chi connectivity index (χ4n) is 3.88. The van der Waals surface area contributed by atoms with Crippen LogP contribution in [0.15, 0.2) is 46.3 Å². The molecule has 1 heterocycles. The fraction of sp³-hybridized carbons (Fsp3) is 0.440. The first kappa shape index (κ1) is 26.1. The van der Waals surface area contributed by atoms with Gasteiger partial charge in [0.15, 0.2) is 4.80 Å². The quantitative estimate of drug-likeness (QED) is 0.391. The molecule has 3 aromatic rings. The van der Waals surface area contributed by atoms with Crippen molar-refractivity contribution in [1.29, 1.82) is 0 Å². The number of thiazole rings is 1. The zero-order chi connectivity index (χ0) is 24.9. The van der Waals surface area contributed by atoms with Gasteiger partial charge in [-0.15, -0.1) is 0 Å². The first-order valence-electron chi connectivity index (χ1n) is 11.6. The molecule has 0 aliphatic carbocycles. The number of hydrogen-bond donors (Lipinski definition) is 0. The number of amides is 1. The van der Waals surface area contributed by atoms with E-state index in [0.717, 1.165) is 40.8 Å². The van der Waals surface area contributed by atoms with E-state index in [1.165, 1.54) is 39.9 Å². The van der Waals surface area contributed by atoms with Crippen LogP contribution in [-0.2, 0) is 16.6 Å². The topological polar surface area (TPSA) is 81.0 Å². The molecule has 184 valence electrons. The highest BCUT2D eigenvalue weighted by atomic mass is 32.2. The Balaban J connectivity index is 2.01. The van der Waals surface area contributed by atoms with Gasteiger partial charge in [-0.05, 0) is 62.1 Å². The van der Waals surface area contributed by atoms with Crippen LogP contribution in [0.25, 0.3) is 10.2 Å². The Morgan fingerprint density at radius 2 is 1.68 bits per heavy atom. The molecule has 0 unspecified atom stereocenters. The summed E-state index contributed by atoms with van der Waals surface area (Å²) in [6.07, 6.45) is 2.36. The van der Waals surface area contributed by atoms with E-state index in [4.69, 9.17) is 4.74 Å². The zero-order valence-electron chi connectivity index (χ0n) is 20.5. The van der Waals surface area contributed by atoms with Gasteiger partial charge in [-0.3, -0.25) is 4.79 Å². The van der Waals surface area contributed by atoms with Gasteiger partial charge in [0.1, 0.15) is 11.3 Å². The Morgan fingerprint density at radius 3 is 2.24 bits per heavy atom. The molecule has 0 bridgehead atoms. The Labute approximate surface area is 205 Å². The number of carbonyl (C=O) groups is 1. The minimum atomic E-state index is -3.60. The van der Waals surface area contributed by atoms with Crippen molar-refractivity contribution >= 4 is 37.5 Å². The number of ether oxygens (including phenoxy) is 1. The van der Waals surface area contributed by atoms with Gasteiger partial charge < -0.3 is 9.30 Å². The van der Waals surface area contributed by atoms with Gasteiger partial charge in [0, 0.05) is 25.2 Å². The van der Waals surface area contributed by atoms with Crippen LogP contribution in [0.2, 0.25) is 0 Å². The highest BCUT2D eigenvalue weighted by Gasteiger charge is 2.23. The van der Waals surface area contributed by atoms with Gasteiger partial charge >= 0.3 is 0 Å². The lowest BCUT2D eigenvalue weighted by Crippen LogP contribution is -2.32. The lowest BCUT2D eigenvalue weighted by atomic mass is 10.2. The normalized spacial score (nSPS) is 12.6. The first-order valence-corrected chi connectivity index (χ1v) is 13.9. The molecule has 0 radical (unpaired) electrons. The number of fused-ring (bicyclic) bond motifs is 1. The third-order valence-corrected chi connectivity index (χ3v) is 8.66. The zero-order valence-corrected chi connectivity index (χ0v) is 22.1. The van der Waals surface area contributed by atoms with E-state index in [2.05, 4.69) is 11.9 Å². The molecule has 34 heavy (non-hydrogen) atoms. The van der Waals surface area contributed by atoms with Crippen LogP contribution in [0, 0.1) is 6.92 Å². The number of hydrogen-bond acceptors (Lipinski definition) is 5. The number of rotatable bonds is 10. The van der Waals surface area contributed by atoms with Crippen molar-refractivity contribution in [3.63, 3.8) is 0 Å². The van der Waals surface area contributed by atoms with Crippen molar-refractivity contribution in [2.24, 2.45) is 4.99 Å². The number of sulfonamides is 1. The molecular weight excluding hydrogens is 470 g/mol. The summed E-state index contributed by atoms with van der Waals surface area (Å²) in [6, 6.07) is 10.0. The Morgan fingerprint density at radius 1 is 1.03 bits per heavy atom. The minimum absolute atomic E-state index is 0.189. The average Bonchev–Trinajstić information content (AvgIpc) is 3.18. The lowest BCUT2D eigenvalue weighted by molar-refractivity contribution is 0.0997. The number of aromatic nitrogens is 1. The molecule has 0 aliphatic heterocycles. The summed E-state index contributed by atoms with van der Waals surface area (Å²) in [5, 5.41) is 0.